The third-order valence-corrected chi connectivity index (χ3v) is 3.02. The zero-order valence-electron chi connectivity index (χ0n) is 8.12. The van der Waals surface area contributed by atoms with Gasteiger partial charge in [0.2, 0.25) is 0 Å². The van der Waals surface area contributed by atoms with E-state index in [1.165, 1.54) is 32.1 Å². The largest absolute Gasteiger partial charge is 0.348 e. The Labute approximate surface area is 78.8 Å². The average Bonchev–Trinajstić information content (AvgIpc) is 2.47. The summed E-state index contributed by atoms with van der Waals surface area (Å²) < 4.78 is 0. The highest BCUT2D eigenvalue weighted by Crippen LogP contribution is 2.24. The zero-order valence-corrected chi connectivity index (χ0v) is 8.12. The van der Waals surface area contributed by atoms with E-state index in [2.05, 4.69) is 9.89 Å². The van der Waals surface area contributed by atoms with Crippen molar-refractivity contribution < 1.29 is 4.79 Å². The van der Waals surface area contributed by atoms with E-state index in [0.717, 1.165) is 5.84 Å². The molecule has 0 bridgehead atoms. The van der Waals surface area contributed by atoms with Crippen LogP contribution in [-0.2, 0) is 4.79 Å². The first-order chi connectivity index (χ1) is 6.27. The fraction of sp³-hybridized carbons (Fsp3) is 0.800. The Kier molecular flexibility index (Phi) is 2.34. The van der Waals surface area contributed by atoms with E-state index in [4.69, 9.17) is 0 Å². The quantitative estimate of drug-likeness (QED) is 0.613. The summed E-state index contributed by atoms with van der Waals surface area (Å²) in [5, 5.41) is 0. The van der Waals surface area contributed by atoms with Crippen molar-refractivity contribution in [3.05, 3.63) is 0 Å². The Hall–Kier alpha value is -0.860. The fourth-order valence-corrected chi connectivity index (χ4v) is 2.33. The van der Waals surface area contributed by atoms with Crippen molar-refractivity contribution in [3.8, 4) is 0 Å². The average molecular weight is 180 g/mol. The van der Waals surface area contributed by atoms with Crippen molar-refractivity contribution in [1.82, 2.24) is 4.90 Å². The summed E-state index contributed by atoms with van der Waals surface area (Å²) in [5.41, 5.74) is 0. The molecule has 0 unspecified atom stereocenters. The molecule has 2 aliphatic rings. The smallest absolute Gasteiger partial charge is 0.266 e. The van der Waals surface area contributed by atoms with Crippen LogP contribution >= 0.6 is 0 Å². The molecule has 1 fully saturated rings. The van der Waals surface area contributed by atoms with Crippen LogP contribution in [0.25, 0.3) is 0 Å². The standard InChI is InChI=1S/C10H16N2O/c1-8-11-10(13)7-12(8)9-5-3-2-4-6-9/h9H,2-7H2,1H3. The maximum Gasteiger partial charge on any atom is 0.266 e. The Morgan fingerprint density at radius 3 is 2.54 bits per heavy atom. The molecule has 13 heavy (non-hydrogen) atoms. The molecule has 0 spiro atoms. The van der Waals surface area contributed by atoms with Gasteiger partial charge in [-0.15, -0.1) is 0 Å². The van der Waals surface area contributed by atoms with Gasteiger partial charge in [-0.1, -0.05) is 19.3 Å². The van der Waals surface area contributed by atoms with Crippen molar-refractivity contribution in [2.75, 3.05) is 6.54 Å². The molecule has 1 amide bonds. The lowest BCUT2D eigenvalue weighted by Crippen LogP contribution is -2.38. The lowest BCUT2D eigenvalue weighted by Gasteiger charge is -2.31. The van der Waals surface area contributed by atoms with Crippen molar-refractivity contribution >= 4 is 11.7 Å². The van der Waals surface area contributed by atoms with E-state index in [1.54, 1.807) is 0 Å². The minimum absolute atomic E-state index is 0.0306. The Bertz CT molecular complexity index is 241. The van der Waals surface area contributed by atoms with Crippen molar-refractivity contribution in [2.24, 2.45) is 4.99 Å². The number of hydrogen-bond acceptors (Lipinski definition) is 2. The van der Waals surface area contributed by atoms with Gasteiger partial charge in [-0.2, -0.15) is 4.99 Å². The van der Waals surface area contributed by atoms with Gasteiger partial charge < -0.3 is 4.90 Å². The molecule has 1 saturated carbocycles. The van der Waals surface area contributed by atoms with Crippen LogP contribution in [0, 0.1) is 0 Å². The summed E-state index contributed by atoms with van der Waals surface area (Å²) >= 11 is 0. The number of amidine groups is 1. The number of nitrogens with zero attached hydrogens (tertiary/aromatic N) is 2. The molecule has 0 radical (unpaired) electrons. The molecule has 0 aromatic rings. The van der Waals surface area contributed by atoms with Gasteiger partial charge in [-0.3, -0.25) is 4.79 Å². The lowest BCUT2D eigenvalue weighted by molar-refractivity contribution is -0.117. The maximum atomic E-state index is 11.1. The van der Waals surface area contributed by atoms with Crippen LogP contribution in [0.4, 0.5) is 0 Å². The predicted molar refractivity (Wildman–Crippen MR) is 51.7 cm³/mol. The zero-order chi connectivity index (χ0) is 9.26. The normalized spacial score (nSPS) is 25.2. The molecule has 1 aliphatic heterocycles. The highest BCUT2D eigenvalue weighted by molar-refractivity contribution is 6.00. The van der Waals surface area contributed by atoms with E-state index in [-0.39, 0.29) is 5.91 Å². The van der Waals surface area contributed by atoms with Crippen molar-refractivity contribution in [3.63, 3.8) is 0 Å². The molecular weight excluding hydrogens is 164 g/mol. The van der Waals surface area contributed by atoms with Gasteiger partial charge in [-0.05, 0) is 19.8 Å². The van der Waals surface area contributed by atoms with Crippen LogP contribution in [0.15, 0.2) is 4.99 Å². The van der Waals surface area contributed by atoms with E-state index < -0.39 is 0 Å². The van der Waals surface area contributed by atoms with Gasteiger partial charge in [0, 0.05) is 6.04 Å². The van der Waals surface area contributed by atoms with Crippen LogP contribution in [-0.4, -0.2) is 29.2 Å². The first-order valence-electron chi connectivity index (χ1n) is 5.12. The van der Waals surface area contributed by atoms with Gasteiger partial charge >= 0.3 is 0 Å². The second-order valence-electron chi connectivity index (χ2n) is 3.97. The van der Waals surface area contributed by atoms with Crippen LogP contribution in [0.2, 0.25) is 0 Å². The molecule has 0 saturated heterocycles. The SMILES string of the molecule is CC1=NC(=O)CN1C1CCCCC1. The molecule has 0 atom stereocenters. The number of carbonyl (C=O) groups excluding carboxylic acids is 1. The molecular formula is C10H16N2O. The molecule has 0 N–H and O–H groups in total. The maximum absolute atomic E-state index is 11.1. The number of amides is 1. The molecule has 0 aromatic carbocycles. The van der Waals surface area contributed by atoms with E-state index in [0.29, 0.717) is 12.6 Å². The van der Waals surface area contributed by atoms with Gasteiger partial charge in [0.25, 0.3) is 5.91 Å². The molecule has 3 nitrogen and oxygen atoms in total. The van der Waals surface area contributed by atoms with Crippen LogP contribution in [0.3, 0.4) is 0 Å². The van der Waals surface area contributed by atoms with Crippen LogP contribution in [0.1, 0.15) is 39.0 Å². The van der Waals surface area contributed by atoms with Crippen LogP contribution < -0.4 is 0 Å². The lowest BCUT2D eigenvalue weighted by atomic mass is 9.94. The van der Waals surface area contributed by atoms with Crippen LogP contribution in [0.5, 0.6) is 0 Å². The molecule has 72 valence electrons. The van der Waals surface area contributed by atoms with E-state index >= 15 is 0 Å². The monoisotopic (exact) mass is 180 g/mol. The van der Waals surface area contributed by atoms with Gasteiger partial charge in [-0.25, -0.2) is 0 Å². The summed E-state index contributed by atoms with van der Waals surface area (Å²) in [7, 11) is 0. The Morgan fingerprint density at radius 1 is 1.31 bits per heavy atom. The summed E-state index contributed by atoms with van der Waals surface area (Å²) in [6, 6.07) is 0.587. The summed E-state index contributed by atoms with van der Waals surface area (Å²) in [6.45, 7) is 2.47. The number of rotatable bonds is 1. The predicted octanol–water partition coefficient (Wildman–Crippen LogP) is 1.58. The molecule has 1 heterocycles. The van der Waals surface area contributed by atoms with E-state index in [9.17, 15) is 4.79 Å². The third-order valence-electron chi connectivity index (χ3n) is 3.02. The highest BCUT2D eigenvalue weighted by Gasteiger charge is 2.27. The number of aliphatic imine (C=N–C) groups is 1. The van der Waals surface area contributed by atoms with Gasteiger partial charge in [0.05, 0.1) is 0 Å². The minimum Gasteiger partial charge on any atom is -0.348 e. The summed E-state index contributed by atoms with van der Waals surface area (Å²) in [5.74, 6) is 0.958. The summed E-state index contributed by atoms with van der Waals surface area (Å²) in [4.78, 5) is 17.2. The molecule has 0 aromatic heterocycles. The minimum atomic E-state index is 0.0306. The fourth-order valence-electron chi connectivity index (χ4n) is 2.33. The molecule has 2 rings (SSSR count). The third kappa shape index (κ3) is 1.74. The second kappa shape index (κ2) is 3.48. The Morgan fingerprint density at radius 2 is 2.00 bits per heavy atom. The van der Waals surface area contributed by atoms with Gasteiger partial charge in [0.15, 0.2) is 0 Å². The van der Waals surface area contributed by atoms with Crippen molar-refractivity contribution in [1.29, 1.82) is 0 Å². The first kappa shape index (κ1) is 8.73. The molecule has 3 heteroatoms. The second-order valence-corrected chi connectivity index (χ2v) is 3.97. The number of carbonyl (C=O) groups is 1. The molecule has 1 aliphatic carbocycles. The van der Waals surface area contributed by atoms with Gasteiger partial charge in [0.1, 0.15) is 12.4 Å². The highest BCUT2D eigenvalue weighted by atomic mass is 16.2. The topological polar surface area (TPSA) is 32.7 Å². The number of hydrogen-bond donors (Lipinski definition) is 0. The Balaban J connectivity index is 2.00. The van der Waals surface area contributed by atoms with Crippen molar-refractivity contribution in [2.45, 2.75) is 45.1 Å². The first-order valence-corrected chi connectivity index (χ1v) is 5.12. The van der Waals surface area contributed by atoms with E-state index in [1.807, 2.05) is 6.92 Å². The summed E-state index contributed by atoms with van der Waals surface area (Å²) in [6.07, 6.45) is 6.44.